The average Bonchev–Trinajstić information content (AvgIpc) is 3.99. The van der Waals surface area contributed by atoms with Gasteiger partial charge in [0.25, 0.3) is 0 Å². The second-order valence-corrected chi connectivity index (χ2v) is 18.9. The molecule has 374 valence electrons. The summed E-state index contributed by atoms with van der Waals surface area (Å²) in [6, 6.07) is 65.6. The molecule has 0 unspecified atom stereocenters. The summed E-state index contributed by atoms with van der Waals surface area (Å²) in [5, 5.41) is 1.30. The van der Waals surface area contributed by atoms with Crippen LogP contribution in [0.5, 0.6) is 0 Å². The van der Waals surface area contributed by atoms with Crippen molar-refractivity contribution >= 4 is 21.8 Å². The molecule has 0 N–H and O–H groups in total. The lowest BCUT2D eigenvalue weighted by Gasteiger charge is -2.17. The van der Waals surface area contributed by atoms with Crippen LogP contribution in [-0.2, 0) is 12.4 Å². The van der Waals surface area contributed by atoms with E-state index in [1.165, 1.54) is 0 Å². The van der Waals surface area contributed by atoms with Gasteiger partial charge in [-0.05, 0) is 114 Å². The summed E-state index contributed by atoms with van der Waals surface area (Å²) in [6.45, 7) is 3.25. The molecule has 12 aromatic rings. The first-order valence-corrected chi connectivity index (χ1v) is 24.7. The Morgan fingerprint density at radius 2 is 0.701 bits per heavy atom. The second kappa shape index (κ2) is 19.3. The number of hydrogen-bond donors (Lipinski definition) is 0. The quantitative estimate of drug-likeness (QED) is 0.135. The molecule has 0 aliphatic rings. The van der Waals surface area contributed by atoms with Gasteiger partial charge in [-0.2, -0.15) is 26.3 Å². The van der Waals surface area contributed by atoms with Gasteiger partial charge in [0.1, 0.15) is 0 Å². The van der Waals surface area contributed by atoms with E-state index >= 15 is 0 Å². The Bertz CT molecular complexity index is 3960. The Morgan fingerprint density at radius 3 is 1.14 bits per heavy atom. The van der Waals surface area contributed by atoms with E-state index < -0.39 is 23.5 Å². The van der Waals surface area contributed by atoms with Crippen molar-refractivity contribution in [3.8, 4) is 96.0 Å². The highest BCUT2D eigenvalue weighted by Gasteiger charge is 2.32. The zero-order valence-corrected chi connectivity index (χ0v) is 41.2. The van der Waals surface area contributed by atoms with Crippen molar-refractivity contribution in [1.82, 2.24) is 29.5 Å². The van der Waals surface area contributed by atoms with Crippen LogP contribution in [0.1, 0.15) is 22.3 Å². The van der Waals surface area contributed by atoms with Gasteiger partial charge in [0.05, 0.1) is 39.2 Å². The molecule has 12 rings (SSSR count). The predicted octanol–water partition coefficient (Wildman–Crippen LogP) is 17.7. The van der Waals surface area contributed by atoms with Crippen molar-refractivity contribution in [2.24, 2.45) is 0 Å². The number of nitrogens with zero attached hydrogens (tertiary/aromatic N) is 6. The lowest BCUT2D eigenvalue weighted by molar-refractivity contribution is -0.138. The summed E-state index contributed by atoms with van der Waals surface area (Å²) < 4.78 is 87.9. The monoisotopic (exact) mass is 1020 g/mol. The van der Waals surface area contributed by atoms with Gasteiger partial charge >= 0.3 is 12.4 Å². The molecule has 6 nitrogen and oxygen atoms in total. The smallest absolute Gasteiger partial charge is 0.308 e. The molecule has 0 bridgehead atoms. The minimum atomic E-state index is -4.59. The van der Waals surface area contributed by atoms with Gasteiger partial charge in [-0.3, -0.25) is 0 Å². The van der Waals surface area contributed by atoms with E-state index in [0.29, 0.717) is 107 Å². The third-order valence-corrected chi connectivity index (χ3v) is 13.5. The van der Waals surface area contributed by atoms with Crippen LogP contribution >= 0.6 is 0 Å². The minimum absolute atomic E-state index is 0.331. The van der Waals surface area contributed by atoms with Gasteiger partial charge in [0.15, 0.2) is 23.3 Å². The van der Waals surface area contributed by atoms with Crippen LogP contribution in [-0.4, -0.2) is 29.5 Å². The van der Waals surface area contributed by atoms with E-state index in [1.807, 2.05) is 174 Å². The van der Waals surface area contributed by atoms with E-state index in [-0.39, 0.29) is 0 Å². The van der Waals surface area contributed by atoms with Gasteiger partial charge < -0.3 is 4.57 Å². The van der Waals surface area contributed by atoms with Crippen molar-refractivity contribution in [2.75, 3.05) is 0 Å². The van der Waals surface area contributed by atoms with Crippen molar-refractivity contribution in [2.45, 2.75) is 26.2 Å². The highest BCUT2D eigenvalue weighted by Crippen LogP contribution is 2.43. The van der Waals surface area contributed by atoms with E-state index in [0.717, 1.165) is 46.5 Å². The molecular weight excluding hydrogens is 979 g/mol. The molecule has 0 saturated carbocycles. The highest BCUT2D eigenvalue weighted by molar-refractivity contribution is 6.12. The van der Waals surface area contributed by atoms with Crippen LogP contribution in [0.2, 0.25) is 0 Å². The highest BCUT2D eigenvalue weighted by atomic mass is 19.4. The van der Waals surface area contributed by atoms with Crippen molar-refractivity contribution in [3.05, 3.63) is 241 Å². The van der Waals surface area contributed by atoms with Crippen LogP contribution in [0.15, 0.2) is 218 Å². The molecular formula is C65H42F6N6. The topological polar surface area (TPSA) is 69.4 Å². The second-order valence-electron chi connectivity index (χ2n) is 18.9. The molecule has 0 atom stereocenters. The molecule has 9 aromatic carbocycles. The minimum Gasteiger partial charge on any atom is -0.308 e. The van der Waals surface area contributed by atoms with Gasteiger partial charge in [-0.15, -0.1) is 0 Å². The van der Waals surface area contributed by atoms with Crippen LogP contribution in [0.4, 0.5) is 26.3 Å². The third-order valence-electron chi connectivity index (χ3n) is 13.5. The normalized spacial score (nSPS) is 11.9. The van der Waals surface area contributed by atoms with Gasteiger partial charge in [-0.25, -0.2) is 24.9 Å². The first-order chi connectivity index (χ1) is 37.2. The van der Waals surface area contributed by atoms with Crippen LogP contribution < -0.4 is 0 Å². The lowest BCUT2D eigenvalue weighted by Crippen LogP contribution is -2.05. The van der Waals surface area contributed by atoms with Crippen LogP contribution in [0.25, 0.3) is 118 Å². The first kappa shape index (κ1) is 48.4. The molecule has 0 spiro atoms. The van der Waals surface area contributed by atoms with Crippen molar-refractivity contribution < 1.29 is 26.3 Å². The van der Waals surface area contributed by atoms with Crippen LogP contribution in [0.3, 0.4) is 0 Å². The number of rotatable bonds is 9. The van der Waals surface area contributed by atoms with Gasteiger partial charge in [0.2, 0.25) is 0 Å². The van der Waals surface area contributed by atoms with Crippen molar-refractivity contribution in [1.29, 1.82) is 0 Å². The number of benzene rings is 9. The Hall–Kier alpha value is -9.55. The van der Waals surface area contributed by atoms with E-state index in [1.54, 1.807) is 38.1 Å². The maximum Gasteiger partial charge on any atom is 0.416 e. The van der Waals surface area contributed by atoms with E-state index in [2.05, 4.69) is 0 Å². The molecule has 0 radical (unpaired) electrons. The fourth-order valence-electron chi connectivity index (χ4n) is 9.94. The largest absolute Gasteiger partial charge is 0.416 e. The number of aryl methyl sites for hydroxylation is 2. The maximum atomic E-state index is 14.3. The Morgan fingerprint density at radius 1 is 0.312 bits per heavy atom. The molecule has 0 aliphatic carbocycles. The summed E-state index contributed by atoms with van der Waals surface area (Å²) in [7, 11) is 0. The molecule has 0 aliphatic heterocycles. The summed E-state index contributed by atoms with van der Waals surface area (Å²) in [4.78, 5) is 25.7. The Balaban J connectivity index is 1.15. The third kappa shape index (κ3) is 9.61. The number of halogens is 6. The number of aromatic nitrogens is 6. The summed E-state index contributed by atoms with van der Waals surface area (Å²) in [5.41, 5.74) is 8.88. The Labute approximate surface area is 438 Å². The fraction of sp³-hybridized carbons (Fsp3) is 0.0615. The number of hydrogen-bond acceptors (Lipinski definition) is 5. The van der Waals surface area contributed by atoms with E-state index in [4.69, 9.17) is 24.9 Å². The van der Waals surface area contributed by atoms with E-state index in [9.17, 15) is 26.3 Å². The molecule has 3 aromatic heterocycles. The molecule has 0 saturated heterocycles. The zero-order chi connectivity index (χ0) is 53.0. The molecule has 12 heteroatoms. The summed E-state index contributed by atoms with van der Waals surface area (Å²) in [5.74, 6) is 1.70. The standard InChI is InChI=1S/C65H42F6N6/c1-39-29-48(33-50(31-39)64(66,67)68)45-23-26-57-52(35-45)53-36-46(49-30-40(2)32-51(34-49)65(69,70)71)24-27-58(53)77(57)59-28-25-47(56-38-55(41-15-7-3-8-16-41)72-60(73-56)42-17-9-4-10-18-42)37-54(59)63-75-61(43-19-11-5-12-20-43)74-62(76-63)44-21-13-6-14-22-44/h3-38H,1-2H3. The number of fused-ring (bicyclic) bond motifs is 3. The summed E-state index contributed by atoms with van der Waals surface area (Å²) in [6.07, 6.45) is -9.18. The fourth-order valence-corrected chi connectivity index (χ4v) is 9.94. The molecule has 3 heterocycles. The van der Waals surface area contributed by atoms with Crippen LogP contribution in [0, 0.1) is 13.8 Å². The predicted molar refractivity (Wildman–Crippen MR) is 293 cm³/mol. The van der Waals surface area contributed by atoms with Gasteiger partial charge in [0, 0.05) is 44.2 Å². The first-order valence-electron chi connectivity index (χ1n) is 24.7. The molecule has 77 heavy (non-hydrogen) atoms. The zero-order valence-electron chi connectivity index (χ0n) is 41.2. The number of alkyl halides is 6. The lowest BCUT2D eigenvalue weighted by atomic mass is 9.96. The SMILES string of the molecule is Cc1cc(-c2ccc3c(c2)c2cc(-c4cc(C)cc(C(F)(F)F)c4)ccc2n3-c2ccc(-c3cc(-c4ccccc4)nc(-c4ccccc4)n3)cc2-c2nc(-c3ccccc3)nc(-c3ccccc3)n2)cc(C(F)(F)F)c1. The van der Waals surface area contributed by atoms with Gasteiger partial charge in [-0.1, -0.05) is 152 Å². The molecule has 0 fully saturated rings. The van der Waals surface area contributed by atoms with Crippen molar-refractivity contribution in [3.63, 3.8) is 0 Å². The molecule has 0 amide bonds. The summed E-state index contributed by atoms with van der Waals surface area (Å²) >= 11 is 0. The Kier molecular flexibility index (Phi) is 12.1. The maximum absolute atomic E-state index is 14.3. The average molecular weight is 1020 g/mol.